The molecule has 3 aromatic rings. The van der Waals surface area contributed by atoms with Crippen LogP contribution in [0.5, 0.6) is 5.75 Å². The van der Waals surface area contributed by atoms with Gasteiger partial charge in [0.2, 0.25) is 11.1 Å². The molecule has 0 aliphatic carbocycles. The second kappa shape index (κ2) is 9.43. The number of hydrogen-bond acceptors (Lipinski definition) is 5. The van der Waals surface area contributed by atoms with Crippen molar-refractivity contribution in [3.05, 3.63) is 64.9 Å². The standard InChI is InChI=1S/C19H19ClN4O2S/c1-2-13-5-3-4-6-16(13)21-18(25)12-27-19-22-17(23-24-19)11-26-15-9-7-14(20)8-10-15/h3-10H,2,11-12H2,1H3,(H,21,25)(H,22,23,24). The maximum absolute atomic E-state index is 12.2. The lowest BCUT2D eigenvalue weighted by Gasteiger charge is -2.08. The summed E-state index contributed by atoms with van der Waals surface area (Å²) in [6.07, 6.45) is 0.863. The number of aryl methyl sites for hydroxylation is 1. The lowest BCUT2D eigenvalue weighted by Crippen LogP contribution is -2.15. The van der Waals surface area contributed by atoms with Gasteiger partial charge >= 0.3 is 0 Å². The molecular formula is C19H19ClN4O2S. The van der Waals surface area contributed by atoms with Gasteiger partial charge in [-0.2, -0.15) is 0 Å². The average Bonchev–Trinajstić information content (AvgIpc) is 3.14. The van der Waals surface area contributed by atoms with E-state index in [0.29, 0.717) is 21.8 Å². The van der Waals surface area contributed by atoms with Crippen LogP contribution in [0.1, 0.15) is 18.3 Å². The van der Waals surface area contributed by atoms with Crippen molar-refractivity contribution >= 4 is 35.0 Å². The van der Waals surface area contributed by atoms with E-state index < -0.39 is 0 Å². The summed E-state index contributed by atoms with van der Waals surface area (Å²) in [5, 5.41) is 11.0. The predicted octanol–water partition coefficient (Wildman–Crippen LogP) is 4.33. The topological polar surface area (TPSA) is 79.9 Å². The monoisotopic (exact) mass is 402 g/mol. The lowest BCUT2D eigenvalue weighted by molar-refractivity contribution is -0.113. The fourth-order valence-corrected chi connectivity index (χ4v) is 3.10. The van der Waals surface area contributed by atoms with E-state index in [1.807, 2.05) is 24.3 Å². The van der Waals surface area contributed by atoms with Crippen LogP contribution >= 0.6 is 23.4 Å². The average molecular weight is 403 g/mol. The molecule has 0 fully saturated rings. The Balaban J connectivity index is 1.47. The summed E-state index contributed by atoms with van der Waals surface area (Å²) in [4.78, 5) is 16.5. The van der Waals surface area contributed by atoms with E-state index in [-0.39, 0.29) is 18.3 Å². The lowest BCUT2D eigenvalue weighted by atomic mass is 10.1. The highest BCUT2D eigenvalue weighted by Crippen LogP contribution is 2.19. The normalized spacial score (nSPS) is 10.6. The van der Waals surface area contributed by atoms with Gasteiger partial charge in [-0.25, -0.2) is 4.98 Å². The number of para-hydroxylation sites is 1. The number of H-pyrrole nitrogens is 1. The van der Waals surface area contributed by atoms with Crippen molar-refractivity contribution in [1.82, 2.24) is 15.2 Å². The number of nitrogens with one attached hydrogen (secondary N) is 2. The van der Waals surface area contributed by atoms with Crippen molar-refractivity contribution in [2.75, 3.05) is 11.1 Å². The molecule has 0 unspecified atom stereocenters. The minimum Gasteiger partial charge on any atom is -0.486 e. The van der Waals surface area contributed by atoms with Gasteiger partial charge in [0.25, 0.3) is 0 Å². The molecule has 27 heavy (non-hydrogen) atoms. The summed E-state index contributed by atoms with van der Waals surface area (Å²) in [7, 11) is 0. The Labute approximate surface area is 166 Å². The quantitative estimate of drug-likeness (QED) is 0.548. The van der Waals surface area contributed by atoms with Crippen LogP contribution < -0.4 is 10.1 Å². The fraction of sp³-hybridized carbons (Fsp3) is 0.211. The van der Waals surface area contributed by atoms with E-state index in [1.165, 1.54) is 11.8 Å². The number of nitrogens with zero attached hydrogens (tertiary/aromatic N) is 2. The van der Waals surface area contributed by atoms with Crippen LogP contribution in [0.15, 0.2) is 53.7 Å². The first-order chi connectivity index (χ1) is 13.1. The Morgan fingerprint density at radius 1 is 1.22 bits per heavy atom. The second-order valence-corrected chi connectivity index (χ2v) is 7.03. The zero-order chi connectivity index (χ0) is 19.1. The van der Waals surface area contributed by atoms with Crippen LogP contribution in [0.2, 0.25) is 5.02 Å². The highest BCUT2D eigenvalue weighted by Gasteiger charge is 2.10. The first kappa shape index (κ1) is 19.3. The summed E-state index contributed by atoms with van der Waals surface area (Å²) in [5.41, 5.74) is 1.95. The van der Waals surface area contributed by atoms with E-state index in [9.17, 15) is 4.79 Å². The van der Waals surface area contributed by atoms with E-state index in [1.54, 1.807) is 24.3 Å². The van der Waals surface area contributed by atoms with Crippen molar-refractivity contribution in [2.24, 2.45) is 0 Å². The molecule has 2 aromatic carbocycles. The Morgan fingerprint density at radius 2 is 2.00 bits per heavy atom. The third-order valence-electron chi connectivity index (χ3n) is 3.71. The largest absolute Gasteiger partial charge is 0.486 e. The van der Waals surface area contributed by atoms with Crippen LogP contribution in [-0.2, 0) is 17.8 Å². The number of aromatic amines is 1. The molecule has 1 heterocycles. The number of aromatic nitrogens is 3. The minimum absolute atomic E-state index is 0.0929. The Hall–Kier alpha value is -2.51. The molecule has 0 saturated heterocycles. The number of ether oxygens (including phenoxy) is 1. The number of carbonyl (C=O) groups is 1. The number of carbonyl (C=O) groups excluding carboxylic acids is 1. The van der Waals surface area contributed by atoms with Gasteiger partial charge in [-0.1, -0.05) is 48.5 Å². The summed E-state index contributed by atoms with van der Waals surface area (Å²) in [5.74, 6) is 1.42. The summed E-state index contributed by atoms with van der Waals surface area (Å²) in [6.45, 7) is 2.31. The second-order valence-electron chi connectivity index (χ2n) is 5.65. The summed E-state index contributed by atoms with van der Waals surface area (Å²) >= 11 is 7.11. The zero-order valence-electron chi connectivity index (χ0n) is 14.7. The van der Waals surface area contributed by atoms with Gasteiger partial charge < -0.3 is 10.1 Å². The first-order valence-corrected chi connectivity index (χ1v) is 9.80. The Bertz CT molecular complexity index is 899. The van der Waals surface area contributed by atoms with Gasteiger partial charge in [0.15, 0.2) is 5.82 Å². The molecule has 6 nitrogen and oxygen atoms in total. The van der Waals surface area contributed by atoms with Gasteiger partial charge in [-0.15, -0.1) is 5.10 Å². The van der Waals surface area contributed by atoms with Gasteiger partial charge in [0.1, 0.15) is 12.4 Å². The highest BCUT2D eigenvalue weighted by molar-refractivity contribution is 7.99. The molecule has 0 aliphatic heterocycles. The maximum atomic E-state index is 12.2. The summed E-state index contributed by atoms with van der Waals surface area (Å²) < 4.78 is 5.61. The van der Waals surface area contributed by atoms with Crippen molar-refractivity contribution in [2.45, 2.75) is 25.1 Å². The van der Waals surface area contributed by atoms with Gasteiger partial charge in [-0.3, -0.25) is 9.89 Å². The van der Waals surface area contributed by atoms with Crippen molar-refractivity contribution in [1.29, 1.82) is 0 Å². The third kappa shape index (κ3) is 5.74. The highest BCUT2D eigenvalue weighted by atomic mass is 35.5. The number of halogens is 1. The SMILES string of the molecule is CCc1ccccc1NC(=O)CSc1n[nH]c(COc2ccc(Cl)cc2)n1. The molecule has 1 aromatic heterocycles. The van der Waals surface area contributed by atoms with Gasteiger partial charge in [-0.05, 0) is 42.3 Å². The maximum Gasteiger partial charge on any atom is 0.234 e. The van der Waals surface area contributed by atoms with Crippen molar-refractivity contribution in [3.63, 3.8) is 0 Å². The van der Waals surface area contributed by atoms with Crippen LogP contribution in [-0.4, -0.2) is 26.8 Å². The van der Waals surface area contributed by atoms with Gasteiger partial charge in [0, 0.05) is 10.7 Å². The molecule has 0 saturated carbocycles. The molecule has 140 valence electrons. The zero-order valence-corrected chi connectivity index (χ0v) is 16.3. The first-order valence-electron chi connectivity index (χ1n) is 8.44. The Morgan fingerprint density at radius 3 is 2.78 bits per heavy atom. The number of thioether (sulfide) groups is 1. The summed E-state index contributed by atoms with van der Waals surface area (Å²) in [6, 6.07) is 14.9. The van der Waals surface area contributed by atoms with Crippen molar-refractivity contribution in [3.8, 4) is 5.75 Å². The van der Waals surface area contributed by atoms with Crippen LogP contribution in [0.3, 0.4) is 0 Å². The molecule has 1 amide bonds. The van der Waals surface area contributed by atoms with E-state index in [4.69, 9.17) is 16.3 Å². The number of rotatable bonds is 8. The van der Waals surface area contributed by atoms with E-state index in [0.717, 1.165) is 17.7 Å². The molecule has 0 atom stereocenters. The molecule has 0 spiro atoms. The Kier molecular flexibility index (Phi) is 6.73. The van der Waals surface area contributed by atoms with E-state index in [2.05, 4.69) is 27.4 Å². The third-order valence-corrected chi connectivity index (χ3v) is 4.80. The van der Waals surface area contributed by atoms with Crippen molar-refractivity contribution < 1.29 is 9.53 Å². The van der Waals surface area contributed by atoms with Gasteiger partial charge in [0.05, 0.1) is 5.75 Å². The molecule has 0 aliphatic rings. The van der Waals surface area contributed by atoms with E-state index >= 15 is 0 Å². The molecule has 8 heteroatoms. The number of amides is 1. The van der Waals surface area contributed by atoms with Crippen LogP contribution in [0.25, 0.3) is 0 Å². The molecule has 0 bridgehead atoms. The fourth-order valence-electron chi connectivity index (χ4n) is 2.36. The predicted molar refractivity (Wildman–Crippen MR) is 107 cm³/mol. The minimum atomic E-state index is -0.0929. The molecular weight excluding hydrogens is 384 g/mol. The molecule has 3 rings (SSSR count). The molecule has 0 radical (unpaired) electrons. The smallest absolute Gasteiger partial charge is 0.234 e. The van der Waals surface area contributed by atoms with Crippen LogP contribution in [0.4, 0.5) is 5.69 Å². The number of hydrogen-bond donors (Lipinski definition) is 2. The molecule has 2 N–H and O–H groups in total. The van der Waals surface area contributed by atoms with Crippen LogP contribution in [0, 0.1) is 0 Å². The number of anilines is 1. The number of benzene rings is 2.